The van der Waals surface area contributed by atoms with E-state index in [9.17, 15) is 58.2 Å². The van der Waals surface area contributed by atoms with Crippen LogP contribution in [0.3, 0.4) is 0 Å². The molecule has 0 fully saturated rings. The van der Waals surface area contributed by atoms with Crippen molar-refractivity contribution in [2.75, 3.05) is 13.2 Å². The third-order valence-corrected chi connectivity index (χ3v) is 10.4. The number of carbonyl (C=O) groups excluding carboxylic acids is 10. The lowest BCUT2D eigenvalue weighted by molar-refractivity contribution is -0.134. The van der Waals surface area contributed by atoms with Crippen LogP contribution in [0.5, 0.6) is 0 Å². The molecule has 24 heteroatoms. The van der Waals surface area contributed by atoms with Gasteiger partial charge in [-0.2, -0.15) is 0 Å². The SMILES string of the molecule is CCCC[C@H](NC(=O)[C@H](CCCC[C@H](NC(=O)[C@H](C)NC(=O)[C@H](CO)NC(=O)c1ccccn1)C(=O)N[C@@H](CCCC)C(N)=O)NC(=O)[C@H](C)NC(=O)[C@H](CO)NC(=O)c1ccccn1)C(N)=O. The minimum Gasteiger partial charge on any atom is -0.394 e. The van der Waals surface area contributed by atoms with E-state index < -0.39 is 121 Å². The number of aromatic nitrogens is 2. The molecule has 0 aromatic carbocycles. The summed E-state index contributed by atoms with van der Waals surface area (Å²) < 4.78 is 0. The van der Waals surface area contributed by atoms with Gasteiger partial charge in [-0.3, -0.25) is 57.9 Å². The molecule has 0 unspecified atom stereocenters. The van der Waals surface area contributed by atoms with Gasteiger partial charge in [0.25, 0.3) is 11.8 Å². The van der Waals surface area contributed by atoms with Crippen molar-refractivity contribution in [2.24, 2.45) is 11.5 Å². The van der Waals surface area contributed by atoms with Gasteiger partial charge in [-0.15, -0.1) is 0 Å². The molecule has 0 aliphatic carbocycles. The molecule has 0 aliphatic heterocycles. The molecule has 0 radical (unpaired) electrons. The Hall–Kier alpha value is -7.08. The molecule has 68 heavy (non-hydrogen) atoms. The molecule has 0 saturated heterocycles. The van der Waals surface area contributed by atoms with Crippen LogP contribution in [0.4, 0.5) is 0 Å². The number of hydrogen-bond acceptors (Lipinski definition) is 14. The fourth-order valence-electron chi connectivity index (χ4n) is 6.37. The van der Waals surface area contributed by atoms with Crippen LogP contribution in [-0.4, -0.2) is 141 Å². The first kappa shape index (κ1) is 57.0. The molecule has 0 bridgehead atoms. The largest absolute Gasteiger partial charge is 0.394 e. The number of aliphatic hydroxyl groups is 2. The van der Waals surface area contributed by atoms with E-state index in [4.69, 9.17) is 11.5 Å². The molecule has 8 atom stereocenters. The van der Waals surface area contributed by atoms with Gasteiger partial charge in [-0.1, -0.05) is 64.5 Å². The van der Waals surface area contributed by atoms with E-state index in [0.29, 0.717) is 25.7 Å². The van der Waals surface area contributed by atoms with Crippen molar-refractivity contribution in [3.63, 3.8) is 0 Å². The molecule has 0 spiro atoms. The number of hydrogen-bond donors (Lipinski definition) is 12. The zero-order chi connectivity index (χ0) is 50.8. The van der Waals surface area contributed by atoms with Crippen molar-refractivity contribution in [1.82, 2.24) is 52.5 Å². The summed E-state index contributed by atoms with van der Waals surface area (Å²) in [7, 11) is 0. The summed E-state index contributed by atoms with van der Waals surface area (Å²) in [6.07, 6.45) is 5.52. The molecular weight excluding hydrogens is 889 g/mol. The lowest BCUT2D eigenvalue weighted by atomic mass is 10.0. The standard InChI is InChI=1S/C44H66N12O12/c1-5-7-15-27(35(45)59)51-41(65)31(53-37(61)25(3)49-43(67)33(23-57)55-39(63)29-17-11-13-21-47-29)19-9-10-20-32(42(66)52-28(36(46)60)16-8-6-2)54-38(62)26(4)50-44(68)34(24-58)56-40(64)30-18-12-14-22-48-30/h11-14,17-18,21-22,25-28,31-34,57-58H,5-10,15-16,19-20,23-24H2,1-4H3,(H2,45,59)(H2,46,60)(H,49,67)(H,50,68)(H,51,65)(H,52,66)(H,53,61)(H,54,62)(H,55,63)(H,56,64)/t25-,26-,27-,28-,31-,32-,33-,34-/m0/s1. The van der Waals surface area contributed by atoms with Gasteiger partial charge < -0.3 is 64.2 Å². The average molecular weight is 955 g/mol. The number of rotatable bonds is 31. The first-order valence-electron chi connectivity index (χ1n) is 22.4. The minimum atomic E-state index is -1.48. The van der Waals surface area contributed by atoms with Crippen LogP contribution in [0.15, 0.2) is 48.8 Å². The summed E-state index contributed by atoms with van der Waals surface area (Å²) in [4.78, 5) is 138. The Morgan fingerprint density at radius 3 is 1.07 bits per heavy atom. The van der Waals surface area contributed by atoms with E-state index in [0.717, 1.165) is 0 Å². The van der Waals surface area contributed by atoms with Crippen molar-refractivity contribution in [3.05, 3.63) is 60.2 Å². The van der Waals surface area contributed by atoms with Crippen molar-refractivity contribution >= 4 is 59.1 Å². The Morgan fingerprint density at radius 1 is 0.456 bits per heavy atom. The predicted octanol–water partition coefficient (Wildman–Crippen LogP) is -2.78. The van der Waals surface area contributed by atoms with Gasteiger partial charge >= 0.3 is 0 Å². The summed E-state index contributed by atoms with van der Waals surface area (Å²) in [5, 5.41) is 39.3. The van der Waals surface area contributed by atoms with Crippen molar-refractivity contribution < 1.29 is 58.2 Å². The van der Waals surface area contributed by atoms with E-state index in [2.05, 4.69) is 52.5 Å². The van der Waals surface area contributed by atoms with Crippen LogP contribution in [0.1, 0.15) is 113 Å². The van der Waals surface area contributed by atoms with E-state index >= 15 is 0 Å². The maximum Gasteiger partial charge on any atom is 0.270 e. The van der Waals surface area contributed by atoms with Gasteiger partial charge in [0.1, 0.15) is 59.7 Å². The highest BCUT2D eigenvalue weighted by Gasteiger charge is 2.32. The highest BCUT2D eigenvalue weighted by Crippen LogP contribution is 2.11. The second kappa shape index (κ2) is 30.3. The summed E-state index contributed by atoms with van der Waals surface area (Å²) in [6, 6.07) is -1.45. The molecule has 2 rings (SSSR count). The van der Waals surface area contributed by atoms with Gasteiger partial charge in [0.15, 0.2) is 0 Å². The van der Waals surface area contributed by atoms with Crippen molar-refractivity contribution in [1.29, 1.82) is 0 Å². The van der Waals surface area contributed by atoms with E-state index in [1.54, 1.807) is 24.3 Å². The fourth-order valence-corrected chi connectivity index (χ4v) is 6.37. The van der Waals surface area contributed by atoms with E-state index in [1.165, 1.54) is 38.4 Å². The molecular formula is C44H66N12O12. The molecule has 0 aliphatic rings. The van der Waals surface area contributed by atoms with Gasteiger partial charge in [0.05, 0.1) is 13.2 Å². The topological polar surface area (TPSA) is 385 Å². The minimum absolute atomic E-state index is 0.0286. The van der Waals surface area contributed by atoms with Gasteiger partial charge in [-0.25, -0.2) is 0 Å². The number of primary amides is 2. The number of unbranched alkanes of at least 4 members (excludes halogenated alkanes) is 3. The van der Waals surface area contributed by atoms with Crippen molar-refractivity contribution in [2.45, 2.75) is 140 Å². The summed E-state index contributed by atoms with van der Waals surface area (Å²) >= 11 is 0. The number of nitrogens with zero attached hydrogens (tertiary/aromatic N) is 2. The monoisotopic (exact) mass is 954 g/mol. The van der Waals surface area contributed by atoms with Crippen LogP contribution in [0, 0.1) is 0 Å². The molecule has 2 aromatic rings. The Bertz CT molecular complexity index is 1870. The van der Waals surface area contributed by atoms with Crippen LogP contribution in [-0.2, 0) is 38.4 Å². The Balaban J connectivity index is 2.26. The molecule has 14 N–H and O–H groups in total. The fraction of sp³-hybridized carbons (Fsp3) is 0.545. The maximum absolute atomic E-state index is 13.7. The Labute approximate surface area is 394 Å². The number of amides is 10. The van der Waals surface area contributed by atoms with Crippen LogP contribution in [0.25, 0.3) is 0 Å². The summed E-state index contributed by atoms with van der Waals surface area (Å²) in [6.45, 7) is 4.67. The van der Waals surface area contributed by atoms with E-state index in [-0.39, 0.29) is 49.9 Å². The third kappa shape index (κ3) is 19.8. The zero-order valence-electron chi connectivity index (χ0n) is 38.7. The highest BCUT2D eigenvalue weighted by atomic mass is 16.3. The quantitative estimate of drug-likeness (QED) is 0.0341. The highest BCUT2D eigenvalue weighted by molar-refractivity contribution is 5.99. The first-order chi connectivity index (χ1) is 32.4. The number of nitrogens with two attached hydrogens (primary N) is 2. The average Bonchev–Trinajstić information content (AvgIpc) is 3.32. The van der Waals surface area contributed by atoms with Crippen LogP contribution >= 0.6 is 0 Å². The molecule has 10 amide bonds. The number of nitrogens with one attached hydrogen (secondary N) is 8. The molecule has 0 saturated carbocycles. The Kier molecular flexibility index (Phi) is 25.4. The maximum atomic E-state index is 13.7. The zero-order valence-corrected chi connectivity index (χ0v) is 38.7. The number of aliphatic hydroxyl groups excluding tert-OH is 2. The molecule has 374 valence electrons. The third-order valence-electron chi connectivity index (χ3n) is 10.4. The lowest BCUT2D eigenvalue weighted by Gasteiger charge is -2.25. The van der Waals surface area contributed by atoms with Crippen LogP contribution < -0.4 is 54.0 Å². The second-order valence-corrected chi connectivity index (χ2v) is 15.9. The Morgan fingerprint density at radius 2 is 0.779 bits per heavy atom. The molecule has 2 aromatic heterocycles. The smallest absolute Gasteiger partial charge is 0.270 e. The van der Waals surface area contributed by atoms with Gasteiger partial charge in [0.2, 0.25) is 47.3 Å². The summed E-state index contributed by atoms with van der Waals surface area (Å²) in [5.41, 5.74) is 11.1. The lowest BCUT2D eigenvalue weighted by Crippen LogP contribution is -2.58. The normalized spacial score (nSPS) is 14.4. The van der Waals surface area contributed by atoms with Gasteiger partial charge in [-0.05, 0) is 63.8 Å². The van der Waals surface area contributed by atoms with Gasteiger partial charge in [0, 0.05) is 12.4 Å². The van der Waals surface area contributed by atoms with Crippen molar-refractivity contribution in [3.8, 4) is 0 Å². The van der Waals surface area contributed by atoms with E-state index in [1.807, 2.05) is 13.8 Å². The summed E-state index contributed by atoms with van der Waals surface area (Å²) in [5.74, 6) is -8.32. The molecule has 2 heterocycles. The number of carbonyl (C=O) groups is 10. The second-order valence-electron chi connectivity index (χ2n) is 15.9. The first-order valence-corrected chi connectivity index (χ1v) is 22.4. The molecule has 24 nitrogen and oxygen atoms in total. The predicted molar refractivity (Wildman–Crippen MR) is 244 cm³/mol. The number of pyridine rings is 2. The van der Waals surface area contributed by atoms with Crippen LogP contribution in [0.2, 0.25) is 0 Å².